The highest BCUT2D eigenvalue weighted by Crippen LogP contribution is 2.62. The van der Waals surface area contributed by atoms with E-state index >= 15 is 0 Å². The third-order valence-corrected chi connectivity index (χ3v) is 36.1. The normalized spacial score (nSPS) is 24.3. The number of aliphatic hydroxyl groups is 4. The lowest BCUT2D eigenvalue weighted by Crippen LogP contribution is -2.45. The molecule has 28 heteroatoms. The van der Waals surface area contributed by atoms with E-state index in [-0.39, 0.29) is 57.5 Å². The summed E-state index contributed by atoms with van der Waals surface area (Å²) >= 11 is 0. The van der Waals surface area contributed by atoms with Crippen LogP contribution < -0.4 is 20.1 Å². The molecule has 0 saturated heterocycles. The molecule has 8 atom stereocenters. The van der Waals surface area contributed by atoms with Gasteiger partial charge in [0, 0.05) is 52.9 Å². The van der Waals surface area contributed by atoms with E-state index in [2.05, 4.69) is 92.5 Å². The van der Waals surface area contributed by atoms with Gasteiger partial charge in [0.1, 0.15) is 23.3 Å². The highest BCUT2D eigenvalue weighted by atomic mass is 32.2. The fourth-order valence-corrected chi connectivity index (χ4v) is 26.0. The number of benzene rings is 8. The predicted molar refractivity (Wildman–Crippen MR) is 536 cm³/mol. The Morgan fingerprint density at radius 1 is 0.386 bits per heavy atom. The number of aromatic nitrogens is 8. The second-order valence-corrected chi connectivity index (χ2v) is 44.8. The first-order valence-corrected chi connectivity index (χ1v) is 52.0. The zero-order valence-corrected chi connectivity index (χ0v) is 81.4. The summed E-state index contributed by atoms with van der Waals surface area (Å²) in [6.07, 6.45) is 32.6. The lowest BCUT2D eigenvalue weighted by molar-refractivity contribution is -0.114. The fraction of sp³-hybridized carbons (Fsp3) is 0.375. The molecular weight excluding hydrogens is 1810 g/mol. The van der Waals surface area contributed by atoms with Crippen molar-refractivity contribution in [1.82, 2.24) is 49.2 Å². The molecule has 22 rings (SSSR count). The van der Waals surface area contributed by atoms with Gasteiger partial charge in [0.25, 0.3) is 5.91 Å². The van der Waals surface area contributed by atoms with E-state index in [1.54, 1.807) is 54.6 Å². The number of hydrogen-bond acceptors (Lipinski definition) is 14. The summed E-state index contributed by atoms with van der Waals surface area (Å²) in [7, 11) is -6.61. The molecule has 6 saturated carbocycles. The molecule has 0 aliphatic heterocycles. The van der Waals surface area contributed by atoms with Gasteiger partial charge >= 0.3 is 0 Å². The first-order chi connectivity index (χ1) is 67.0. The van der Waals surface area contributed by atoms with Crippen molar-refractivity contribution in [2.45, 2.75) is 235 Å². The number of carbonyl (C=O) groups is 2. The van der Waals surface area contributed by atoms with Crippen molar-refractivity contribution in [2.24, 2.45) is 21.7 Å². The SMILES string of the molecule is CC(=O)Nc1ccccc1CC[C@]1(O)CCC2=Cc3c(cnn3-c3ccc(F)cc3)C[C@@]21C.CCNC(=O)c1ccccc1CC[C@]1(O)CCC2=Cc3c(cnn3-c3ccc(F)cc3)C[C@@]21C.C[C@]12Cc3cnn(-c4ccc(F)cc4)c3C=C1CC[C@@]2(O)CCc1ccccc1CNS(=O)(=O)C1CC1.C[C@]12Cc3cnn(-c4ccc(F)cc4)c3C=C1CC[C@@]2(O)CCc1ccccc1NS(=O)(=O)C1CC1. The van der Waals surface area contributed by atoms with Crippen LogP contribution in [0.1, 0.15) is 227 Å². The molecule has 22 nitrogen and oxygen atoms in total. The smallest absolute Gasteiger partial charge is 0.251 e. The zero-order valence-electron chi connectivity index (χ0n) is 79.8. The van der Waals surface area contributed by atoms with E-state index in [1.165, 1.54) is 77.7 Å². The van der Waals surface area contributed by atoms with E-state index in [1.807, 2.05) is 141 Å². The van der Waals surface area contributed by atoms with Crippen molar-refractivity contribution < 1.29 is 64.4 Å². The molecule has 2 amide bonds. The number of hydrogen-bond donors (Lipinski definition) is 8. The Balaban J connectivity index is 0.000000119. The van der Waals surface area contributed by atoms with Crippen LogP contribution in [-0.4, -0.2) is 128 Å². The zero-order chi connectivity index (χ0) is 98.1. The summed E-state index contributed by atoms with van der Waals surface area (Å²) in [5, 5.41) is 71.3. The third-order valence-electron chi connectivity index (χ3n) is 32.4. The van der Waals surface area contributed by atoms with E-state index < -0.39 is 58.7 Å². The topological polar surface area (TPSA) is 303 Å². The maximum atomic E-state index is 13.4. The average molecular weight is 1930 g/mol. The van der Waals surface area contributed by atoms with Crippen LogP contribution in [-0.2, 0) is 82.8 Å². The van der Waals surface area contributed by atoms with Crippen molar-refractivity contribution in [3.8, 4) is 22.7 Å². The molecule has 0 radical (unpaired) electrons. The van der Waals surface area contributed by atoms with Gasteiger partial charge in [-0.3, -0.25) is 14.3 Å². The first kappa shape index (κ1) is 96.6. The van der Waals surface area contributed by atoms with Crippen LogP contribution in [0.2, 0.25) is 0 Å². The van der Waals surface area contributed by atoms with Crippen LogP contribution in [0, 0.1) is 44.9 Å². The van der Waals surface area contributed by atoms with Crippen LogP contribution in [0.25, 0.3) is 47.1 Å². The maximum Gasteiger partial charge on any atom is 0.251 e. The van der Waals surface area contributed by atoms with Gasteiger partial charge in [-0.05, 0) is 351 Å². The highest BCUT2D eigenvalue weighted by molar-refractivity contribution is 7.93. The molecule has 0 unspecified atom stereocenters. The Morgan fingerprint density at radius 3 is 1.02 bits per heavy atom. The molecule has 0 spiro atoms. The number of aryl methyl sites for hydroxylation is 4. The monoisotopic (exact) mass is 1930 g/mol. The number of amides is 2. The Labute approximate surface area is 815 Å². The number of nitrogens with zero attached hydrogens (tertiary/aromatic N) is 8. The van der Waals surface area contributed by atoms with Gasteiger partial charge in [-0.2, -0.15) is 20.4 Å². The Bertz CT molecular complexity index is 7130. The quantitative estimate of drug-likeness (QED) is 0.0234. The largest absolute Gasteiger partial charge is 0.389 e. The second kappa shape index (κ2) is 38.0. The summed E-state index contributed by atoms with van der Waals surface area (Å²) in [5.74, 6) is -1.28. The van der Waals surface area contributed by atoms with Crippen LogP contribution in [0.3, 0.4) is 0 Å². The molecule has 4 heterocycles. The fourth-order valence-electron chi connectivity index (χ4n) is 23.2. The van der Waals surface area contributed by atoms with Gasteiger partial charge in [0.2, 0.25) is 26.0 Å². The second-order valence-electron chi connectivity index (χ2n) is 40.8. The molecular formula is C112H120F4N12O10S2. The number of anilines is 2. The molecule has 8 N–H and O–H groups in total. The van der Waals surface area contributed by atoms with Gasteiger partial charge in [0.15, 0.2) is 0 Å². The van der Waals surface area contributed by atoms with Gasteiger partial charge in [-0.25, -0.2) is 57.8 Å². The minimum absolute atomic E-state index is 0.0705. The van der Waals surface area contributed by atoms with Gasteiger partial charge in [-0.15, -0.1) is 0 Å². The Kier molecular flexibility index (Phi) is 26.2. The summed E-state index contributed by atoms with van der Waals surface area (Å²) < 4.78 is 116. The molecule has 8 aromatic carbocycles. The number of sulfonamides is 2. The summed E-state index contributed by atoms with van der Waals surface area (Å²) in [6, 6.07) is 56.1. The maximum absolute atomic E-state index is 13.4. The molecule has 0 bridgehead atoms. The van der Waals surface area contributed by atoms with E-state index in [4.69, 9.17) is 0 Å². The average Bonchev–Trinajstić information content (AvgIpc) is 1.57. The van der Waals surface area contributed by atoms with Crippen LogP contribution in [0.4, 0.5) is 28.9 Å². The van der Waals surface area contributed by atoms with Crippen LogP contribution >= 0.6 is 0 Å². The summed E-state index contributed by atoms with van der Waals surface area (Å²) in [5.41, 5.74) is 18.3. The number of carbonyl (C=O) groups excluding carboxylic acids is 2. The molecule has 728 valence electrons. The Hall–Kier alpha value is -12.3. The minimum Gasteiger partial charge on any atom is -0.389 e. The van der Waals surface area contributed by atoms with E-state index in [0.717, 1.165) is 140 Å². The van der Waals surface area contributed by atoms with Crippen LogP contribution in [0.15, 0.2) is 241 Å². The highest BCUT2D eigenvalue weighted by Gasteiger charge is 2.59. The standard InChI is InChI=1S/C29H32FN3O3S.C28H30FN3O3S.C28H30FN3O2.C27H28FN3O2/c1-28-17-22-18-31-33(25-8-6-24(30)7-9-25)27(22)16-23(28)13-15-29(28,34)14-12-20-4-2-3-5-21(20)19-32-37(35,36)26-10-11-26;1-27-17-20-18-30-32(23-8-6-22(29)7-9-23)26(20)16-21(27)13-15-28(27,33)14-12-19-4-2-3-5-25(19)31-36(34,35)24-10-11-24;1-3-30-26(33)24-7-5-4-6-19(24)12-14-28(34)15-13-21-16-25-20(17-27(21,28)2)18-31-32(25)23-10-8-22(29)9-11-23;1-18(32)30-24-6-4-3-5-19(24)11-13-27(33)14-12-21-15-25-20(16-26(21,27)2)17-29-31(25)23-9-7-22(28)8-10-23/h2-9,16,18,26,32,34H,10-15,17,19H2,1H3;2-9,16,18,24,31,33H,10-15,17H2,1H3;4-11,16,18,34H,3,12-15,17H2,1-2H3,(H,30,33);3-10,15,17,33H,11-14,16H2,1-2H3,(H,30,32)/t28-,29-;2*27-,28-;26-,27-/m0000/s1. The van der Waals surface area contributed by atoms with Crippen molar-refractivity contribution in [3.63, 3.8) is 0 Å². The summed E-state index contributed by atoms with van der Waals surface area (Å²) in [4.78, 5) is 24.1. The Morgan fingerprint density at radius 2 is 0.679 bits per heavy atom. The molecule has 6 fully saturated rings. The third kappa shape index (κ3) is 18.7. The lowest BCUT2D eigenvalue weighted by Gasteiger charge is -2.42. The van der Waals surface area contributed by atoms with Crippen LogP contribution in [0.5, 0.6) is 0 Å². The molecule has 4 aromatic heterocycles. The first-order valence-electron chi connectivity index (χ1n) is 48.9. The van der Waals surface area contributed by atoms with E-state index in [0.29, 0.717) is 133 Å². The van der Waals surface area contributed by atoms with Crippen molar-refractivity contribution in [1.29, 1.82) is 0 Å². The van der Waals surface area contributed by atoms with E-state index in [9.17, 15) is 64.4 Å². The summed E-state index contributed by atoms with van der Waals surface area (Å²) in [6.45, 7) is 12.9. The minimum atomic E-state index is -3.35. The van der Waals surface area contributed by atoms with Crippen molar-refractivity contribution in [3.05, 3.63) is 343 Å². The molecule has 140 heavy (non-hydrogen) atoms. The molecule has 10 aliphatic rings. The predicted octanol–water partition coefficient (Wildman–Crippen LogP) is 19.7. The number of para-hydroxylation sites is 2. The van der Waals surface area contributed by atoms with Gasteiger partial charge < -0.3 is 31.1 Å². The van der Waals surface area contributed by atoms with Crippen molar-refractivity contribution in [2.75, 3.05) is 16.6 Å². The van der Waals surface area contributed by atoms with Gasteiger partial charge in [0.05, 0.1) is 109 Å². The number of nitrogens with one attached hydrogen (secondary N) is 4. The van der Waals surface area contributed by atoms with Crippen molar-refractivity contribution >= 4 is 67.5 Å². The lowest BCUT2D eigenvalue weighted by atomic mass is 9.65. The molecule has 10 aliphatic carbocycles. The number of halogens is 4. The number of rotatable bonds is 26. The number of fused-ring (bicyclic) bond motifs is 8. The molecule has 12 aromatic rings. The van der Waals surface area contributed by atoms with Gasteiger partial charge in [-0.1, -0.05) is 129 Å².